The van der Waals surface area contributed by atoms with Crippen molar-refractivity contribution in [1.82, 2.24) is 5.01 Å². The zero-order valence-corrected chi connectivity index (χ0v) is 17.2. The first kappa shape index (κ1) is 18.6. The van der Waals surface area contributed by atoms with Gasteiger partial charge in [0, 0.05) is 12.1 Å². The fourth-order valence-corrected chi connectivity index (χ4v) is 4.72. The number of fused-ring (bicyclic) bond motifs is 4. The van der Waals surface area contributed by atoms with Crippen LogP contribution in [-0.2, 0) is 6.54 Å². The Hall–Kier alpha value is -4.12. The number of nitrogens with zero attached hydrogens (tertiary/aromatic N) is 3. The topological polar surface area (TPSA) is 26.8 Å². The van der Waals surface area contributed by atoms with Crippen LogP contribution < -0.4 is 9.91 Å². The quantitative estimate of drug-likeness (QED) is 0.403. The molecule has 4 aromatic rings. The number of hydrogen-bond donors (Lipinski definition) is 0. The van der Waals surface area contributed by atoms with Crippen molar-refractivity contribution in [1.29, 1.82) is 0 Å². The highest BCUT2D eigenvalue weighted by Crippen LogP contribution is 2.51. The van der Waals surface area contributed by atoms with Gasteiger partial charge < -0.3 is 4.90 Å². The van der Waals surface area contributed by atoms with Crippen LogP contribution in [0.2, 0.25) is 0 Å². The molecule has 0 saturated heterocycles. The molecule has 4 nitrogen and oxygen atoms in total. The minimum absolute atomic E-state index is 0.0737. The van der Waals surface area contributed by atoms with Crippen molar-refractivity contribution >= 4 is 23.0 Å². The van der Waals surface area contributed by atoms with E-state index in [4.69, 9.17) is 0 Å². The average molecular weight is 421 g/mol. The second-order valence-electron chi connectivity index (χ2n) is 8.00. The first-order valence-corrected chi connectivity index (χ1v) is 10.6. The van der Waals surface area contributed by atoms with Crippen molar-refractivity contribution in [2.75, 3.05) is 9.91 Å². The molecule has 32 heavy (non-hydrogen) atoms. The summed E-state index contributed by atoms with van der Waals surface area (Å²) in [4.78, 5) is 16.1. The number of hydrazine groups is 1. The Morgan fingerprint density at radius 3 is 2.16 bits per heavy atom. The second-order valence-corrected chi connectivity index (χ2v) is 8.00. The molecule has 2 aliphatic rings. The maximum atomic E-state index is 13.8. The number of amides is 1. The van der Waals surface area contributed by atoms with Gasteiger partial charge in [-0.1, -0.05) is 60.7 Å². The van der Waals surface area contributed by atoms with Crippen molar-refractivity contribution in [3.05, 3.63) is 126 Å². The number of benzene rings is 4. The van der Waals surface area contributed by atoms with Gasteiger partial charge in [0.25, 0.3) is 5.91 Å². The van der Waals surface area contributed by atoms with Crippen molar-refractivity contribution in [2.24, 2.45) is 0 Å². The maximum absolute atomic E-state index is 13.8. The van der Waals surface area contributed by atoms with E-state index in [1.54, 1.807) is 17.1 Å². The van der Waals surface area contributed by atoms with Crippen LogP contribution in [0.3, 0.4) is 0 Å². The van der Waals surface area contributed by atoms with Crippen molar-refractivity contribution < 1.29 is 9.18 Å². The molecule has 0 bridgehead atoms. The van der Waals surface area contributed by atoms with E-state index < -0.39 is 0 Å². The minimum Gasteiger partial charge on any atom is -0.341 e. The zero-order chi connectivity index (χ0) is 21.7. The standard InChI is InChI=1S/C27H20FN3O/c28-20-14-16-21(17-15-20)30-25-13-7-4-10-22(25)26-29(18-19-8-2-1-3-9-19)24-12-6-5-11-23(24)27(32)31(26)30/h1-17,26H,18H2. The van der Waals surface area contributed by atoms with Crippen LogP contribution in [-0.4, -0.2) is 10.9 Å². The predicted octanol–water partition coefficient (Wildman–Crippen LogP) is 6.05. The molecule has 0 N–H and O–H groups in total. The zero-order valence-electron chi connectivity index (χ0n) is 17.2. The molecule has 5 heteroatoms. The Morgan fingerprint density at radius 2 is 1.38 bits per heavy atom. The van der Waals surface area contributed by atoms with E-state index in [2.05, 4.69) is 23.1 Å². The van der Waals surface area contributed by atoms with E-state index in [0.29, 0.717) is 12.1 Å². The number of rotatable bonds is 3. The van der Waals surface area contributed by atoms with Crippen LogP contribution >= 0.6 is 0 Å². The van der Waals surface area contributed by atoms with E-state index in [-0.39, 0.29) is 17.9 Å². The molecular formula is C27H20FN3O. The largest absolute Gasteiger partial charge is 0.341 e. The van der Waals surface area contributed by atoms with Gasteiger partial charge in [-0.15, -0.1) is 0 Å². The molecule has 0 aromatic heterocycles. The highest BCUT2D eigenvalue weighted by molar-refractivity contribution is 6.04. The van der Waals surface area contributed by atoms with Crippen LogP contribution in [0.15, 0.2) is 103 Å². The Labute approximate surface area is 185 Å². The van der Waals surface area contributed by atoms with Crippen LogP contribution in [0, 0.1) is 5.82 Å². The number of hydrogen-bond acceptors (Lipinski definition) is 3. The van der Waals surface area contributed by atoms with E-state index in [9.17, 15) is 9.18 Å². The van der Waals surface area contributed by atoms with Gasteiger partial charge in [-0.3, -0.25) is 4.79 Å². The summed E-state index contributed by atoms with van der Waals surface area (Å²) >= 11 is 0. The number of carbonyl (C=O) groups excluding carboxylic acids is 1. The second kappa shape index (κ2) is 7.24. The fourth-order valence-electron chi connectivity index (χ4n) is 4.72. The van der Waals surface area contributed by atoms with Crippen LogP contribution in [0.4, 0.5) is 21.5 Å². The summed E-state index contributed by atoms with van der Waals surface area (Å²) < 4.78 is 13.7. The maximum Gasteiger partial charge on any atom is 0.277 e. The van der Waals surface area contributed by atoms with E-state index in [1.807, 2.05) is 65.7 Å². The lowest BCUT2D eigenvalue weighted by Crippen LogP contribution is -2.51. The molecule has 0 fully saturated rings. The third kappa shape index (κ3) is 2.78. The molecule has 156 valence electrons. The molecule has 0 spiro atoms. The number of carbonyl (C=O) groups is 1. The molecule has 1 atom stereocenters. The van der Waals surface area contributed by atoms with Gasteiger partial charge in [-0.05, 0) is 48.0 Å². The SMILES string of the molecule is O=C1c2ccccc2N(Cc2ccccc2)C2c3ccccc3N(c3ccc(F)cc3)N12. The minimum atomic E-state index is -0.307. The highest BCUT2D eigenvalue weighted by atomic mass is 19.1. The summed E-state index contributed by atoms with van der Waals surface area (Å²) in [6.45, 7) is 0.651. The Bertz CT molecular complexity index is 1310. The fraction of sp³-hybridized carbons (Fsp3) is 0.0741. The molecule has 0 radical (unpaired) electrons. The third-order valence-corrected chi connectivity index (χ3v) is 6.10. The Morgan fingerprint density at radius 1 is 0.719 bits per heavy atom. The Balaban J connectivity index is 1.56. The van der Waals surface area contributed by atoms with Gasteiger partial charge in [0.1, 0.15) is 5.82 Å². The van der Waals surface area contributed by atoms with Gasteiger partial charge in [-0.25, -0.2) is 14.4 Å². The predicted molar refractivity (Wildman–Crippen MR) is 123 cm³/mol. The average Bonchev–Trinajstić information content (AvgIpc) is 3.18. The molecule has 1 unspecified atom stereocenters. The molecule has 2 heterocycles. The lowest BCUT2D eigenvalue weighted by molar-refractivity contribution is 0.0675. The first-order valence-electron chi connectivity index (χ1n) is 10.6. The lowest BCUT2D eigenvalue weighted by atomic mass is 10.0. The van der Waals surface area contributed by atoms with Gasteiger partial charge in [-0.2, -0.15) is 0 Å². The van der Waals surface area contributed by atoms with Crippen LogP contribution in [0.25, 0.3) is 0 Å². The summed E-state index contributed by atoms with van der Waals surface area (Å²) in [5, 5.41) is 3.71. The van der Waals surface area contributed by atoms with Crippen molar-refractivity contribution in [3.8, 4) is 0 Å². The molecule has 6 rings (SSSR count). The van der Waals surface area contributed by atoms with Gasteiger partial charge >= 0.3 is 0 Å². The highest BCUT2D eigenvalue weighted by Gasteiger charge is 2.48. The number of anilines is 3. The third-order valence-electron chi connectivity index (χ3n) is 6.10. The summed E-state index contributed by atoms with van der Waals surface area (Å²) in [7, 11) is 0. The molecule has 0 aliphatic carbocycles. The number of halogens is 1. The van der Waals surface area contributed by atoms with E-state index in [1.165, 1.54) is 12.1 Å². The van der Waals surface area contributed by atoms with E-state index >= 15 is 0 Å². The smallest absolute Gasteiger partial charge is 0.277 e. The van der Waals surface area contributed by atoms with Gasteiger partial charge in [0.15, 0.2) is 6.17 Å². The van der Waals surface area contributed by atoms with Crippen LogP contribution in [0.5, 0.6) is 0 Å². The Kier molecular flexibility index (Phi) is 4.21. The first-order chi connectivity index (χ1) is 15.7. The van der Waals surface area contributed by atoms with Gasteiger partial charge in [0.2, 0.25) is 0 Å². The molecule has 0 saturated carbocycles. The molecule has 1 amide bonds. The summed E-state index contributed by atoms with van der Waals surface area (Å²) in [6.07, 6.45) is -0.307. The molecular weight excluding hydrogens is 401 g/mol. The number of para-hydroxylation sites is 2. The van der Waals surface area contributed by atoms with Gasteiger partial charge in [0.05, 0.1) is 22.6 Å². The lowest BCUT2D eigenvalue weighted by Gasteiger charge is -2.44. The normalized spacial score (nSPS) is 16.6. The summed E-state index contributed by atoms with van der Waals surface area (Å²) in [5.74, 6) is -0.380. The summed E-state index contributed by atoms with van der Waals surface area (Å²) in [6, 6.07) is 32.3. The summed E-state index contributed by atoms with van der Waals surface area (Å²) in [5.41, 5.74) is 5.43. The van der Waals surface area contributed by atoms with Crippen molar-refractivity contribution in [3.63, 3.8) is 0 Å². The van der Waals surface area contributed by atoms with Crippen LogP contribution in [0.1, 0.15) is 27.7 Å². The molecule has 2 aliphatic heterocycles. The molecule has 4 aromatic carbocycles. The van der Waals surface area contributed by atoms with Crippen molar-refractivity contribution in [2.45, 2.75) is 12.7 Å². The van der Waals surface area contributed by atoms with E-state index in [0.717, 1.165) is 28.2 Å². The monoisotopic (exact) mass is 421 g/mol.